The van der Waals surface area contributed by atoms with Crippen LogP contribution in [0.25, 0.3) is 0 Å². The molecule has 0 saturated heterocycles. The molecule has 1 aromatic heterocycles. The molecule has 0 fully saturated rings. The number of pyridine rings is 1. The van der Waals surface area contributed by atoms with Crippen LogP contribution in [-0.2, 0) is 6.42 Å². The Hall–Kier alpha value is -2.76. The van der Waals surface area contributed by atoms with Gasteiger partial charge in [-0.25, -0.2) is 4.98 Å². The number of methoxy groups -OCH3 is 2. The van der Waals surface area contributed by atoms with Gasteiger partial charge < -0.3 is 19.7 Å². The maximum absolute atomic E-state index is 12.4. The van der Waals surface area contributed by atoms with Gasteiger partial charge in [-0.2, -0.15) is 0 Å². The highest BCUT2D eigenvalue weighted by molar-refractivity contribution is 5.98. The number of amides is 1. The first-order chi connectivity index (χ1) is 11.6. The van der Waals surface area contributed by atoms with Crippen LogP contribution >= 0.6 is 0 Å². The Morgan fingerprint density at radius 2 is 2.00 bits per heavy atom. The maximum atomic E-state index is 12.4. The monoisotopic (exact) mass is 329 g/mol. The molecule has 2 rings (SSSR count). The highest BCUT2D eigenvalue weighted by Crippen LogP contribution is 2.24. The maximum Gasteiger partial charge on any atom is 0.255 e. The molecule has 0 unspecified atom stereocenters. The molecule has 2 aromatic rings. The van der Waals surface area contributed by atoms with Crippen molar-refractivity contribution in [3.63, 3.8) is 0 Å². The third-order valence-electron chi connectivity index (χ3n) is 3.63. The van der Waals surface area contributed by atoms with Gasteiger partial charge in [-0.15, -0.1) is 0 Å². The first-order valence-electron chi connectivity index (χ1n) is 7.68. The van der Waals surface area contributed by atoms with Gasteiger partial charge in [0, 0.05) is 32.9 Å². The molecule has 0 atom stereocenters. The van der Waals surface area contributed by atoms with Gasteiger partial charge >= 0.3 is 0 Å². The van der Waals surface area contributed by atoms with Crippen molar-refractivity contribution in [2.24, 2.45) is 0 Å². The summed E-state index contributed by atoms with van der Waals surface area (Å²) in [7, 11) is 6.96. The Kier molecular flexibility index (Phi) is 6.01. The van der Waals surface area contributed by atoms with Crippen LogP contribution in [0.3, 0.4) is 0 Å². The fraction of sp³-hybridized carbons (Fsp3) is 0.333. The van der Waals surface area contributed by atoms with Crippen LogP contribution in [0.5, 0.6) is 11.5 Å². The zero-order valence-corrected chi connectivity index (χ0v) is 14.5. The number of rotatable bonds is 7. The second-order valence-corrected chi connectivity index (χ2v) is 5.45. The van der Waals surface area contributed by atoms with E-state index >= 15 is 0 Å². The highest BCUT2D eigenvalue weighted by Gasteiger charge is 2.13. The van der Waals surface area contributed by atoms with Gasteiger partial charge in [0.2, 0.25) is 0 Å². The lowest BCUT2D eigenvalue weighted by molar-refractivity contribution is 0.0954. The lowest BCUT2D eigenvalue weighted by Crippen LogP contribution is -2.28. The minimum Gasteiger partial charge on any atom is -0.497 e. The summed E-state index contributed by atoms with van der Waals surface area (Å²) in [6.45, 7) is 0.503. The summed E-state index contributed by atoms with van der Waals surface area (Å²) in [6, 6.07) is 9.19. The lowest BCUT2D eigenvalue weighted by Gasteiger charge is -2.15. The zero-order chi connectivity index (χ0) is 17.5. The molecule has 0 aliphatic heterocycles. The van der Waals surface area contributed by atoms with E-state index in [-0.39, 0.29) is 5.91 Å². The summed E-state index contributed by atoms with van der Waals surface area (Å²) in [6.07, 6.45) is 2.34. The number of benzene rings is 1. The van der Waals surface area contributed by atoms with E-state index in [9.17, 15) is 4.79 Å². The first-order valence-corrected chi connectivity index (χ1v) is 7.68. The van der Waals surface area contributed by atoms with Crippen LogP contribution in [-0.4, -0.2) is 45.8 Å². The molecule has 0 aliphatic carbocycles. The van der Waals surface area contributed by atoms with Crippen molar-refractivity contribution in [1.82, 2.24) is 10.3 Å². The zero-order valence-electron chi connectivity index (χ0n) is 14.5. The second kappa shape index (κ2) is 8.19. The average molecular weight is 329 g/mol. The normalized spacial score (nSPS) is 10.2. The van der Waals surface area contributed by atoms with Crippen LogP contribution < -0.4 is 19.7 Å². The van der Waals surface area contributed by atoms with E-state index in [1.165, 1.54) is 0 Å². The number of anilines is 1. The number of ether oxygens (including phenoxy) is 2. The standard InChI is InChI=1S/C18H23N3O3/c1-21(2)17-15(6-5-10-19-17)18(22)20-11-9-13-7-8-14(23-3)12-16(13)24-4/h5-8,10,12H,9,11H2,1-4H3,(H,20,22). The highest BCUT2D eigenvalue weighted by atomic mass is 16.5. The molecule has 1 amide bonds. The molecule has 24 heavy (non-hydrogen) atoms. The summed E-state index contributed by atoms with van der Waals surface area (Å²) in [5.74, 6) is 2.00. The number of hydrogen-bond donors (Lipinski definition) is 1. The predicted octanol–water partition coefficient (Wildman–Crippen LogP) is 2.14. The number of nitrogens with zero attached hydrogens (tertiary/aromatic N) is 2. The largest absolute Gasteiger partial charge is 0.497 e. The third-order valence-corrected chi connectivity index (χ3v) is 3.63. The van der Waals surface area contributed by atoms with Crippen molar-refractivity contribution >= 4 is 11.7 Å². The van der Waals surface area contributed by atoms with Crippen LogP contribution in [0, 0.1) is 0 Å². The Morgan fingerprint density at radius 3 is 2.67 bits per heavy atom. The van der Waals surface area contributed by atoms with E-state index in [1.807, 2.05) is 37.2 Å². The van der Waals surface area contributed by atoms with Gasteiger partial charge in [0.05, 0.1) is 19.8 Å². The molecule has 0 radical (unpaired) electrons. The van der Waals surface area contributed by atoms with Gasteiger partial charge in [0.25, 0.3) is 5.91 Å². The van der Waals surface area contributed by atoms with Crippen molar-refractivity contribution < 1.29 is 14.3 Å². The van der Waals surface area contributed by atoms with Crippen molar-refractivity contribution in [2.45, 2.75) is 6.42 Å². The van der Waals surface area contributed by atoms with Crippen LogP contribution in [0.2, 0.25) is 0 Å². The number of hydrogen-bond acceptors (Lipinski definition) is 5. The predicted molar refractivity (Wildman–Crippen MR) is 94.1 cm³/mol. The third kappa shape index (κ3) is 4.16. The summed E-state index contributed by atoms with van der Waals surface area (Å²) in [5, 5.41) is 2.93. The number of nitrogens with one attached hydrogen (secondary N) is 1. The summed E-state index contributed by atoms with van der Waals surface area (Å²) >= 11 is 0. The molecule has 0 saturated carbocycles. The van der Waals surface area contributed by atoms with Crippen LogP contribution in [0.15, 0.2) is 36.5 Å². The van der Waals surface area contributed by atoms with E-state index in [2.05, 4.69) is 10.3 Å². The van der Waals surface area contributed by atoms with Crippen molar-refractivity contribution in [3.05, 3.63) is 47.7 Å². The lowest BCUT2D eigenvalue weighted by atomic mass is 10.1. The Morgan fingerprint density at radius 1 is 1.21 bits per heavy atom. The van der Waals surface area contributed by atoms with E-state index in [0.29, 0.717) is 24.3 Å². The van der Waals surface area contributed by atoms with E-state index < -0.39 is 0 Å². The number of aromatic nitrogens is 1. The minimum absolute atomic E-state index is 0.140. The second-order valence-electron chi connectivity index (χ2n) is 5.45. The summed E-state index contributed by atoms with van der Waals surface area (Å²) in [4.78, 5) is 18.5. The molecule has 6 heteroatoms. The summed E-state index contributed by atoms with van der Waals surface area (Å²) in [5.41, 5.74) is 1.57. The van der Waals surface area contributed by atoms with Crippen LogP contribution in [0.4, 0.5) is 5.82 Å². The topological polar surface area (TPSA) is 63.7 Å². The molecule has 1 aromatic carbocycles. The smallest absolute Gasteiger partial charge is 0.255 e. The molecular formula is C18H23N3O3. The molecule has 0 spiro atoms. The SMILES string of the molecule is COc1ccc(CCNC(=O)c2cccnc2N(C)C)c(OC)c1. The first kappa shape index (κ1) is 17.6. The number of carbonyl (C=O) groups excluding carboxylic acids is 1. The van der Waals surface area contributed by atoms with Crippen molar-refractivity contribution in [3.8, 4) is 11.5 Å². The molecule has 128 valence electrons. The molecule has 0 aliphatic rings. The molecular weight excluding hydrogens is 306 g/mol. The Labute approximate surface area is 142 Å². The Bertz CT molecular complexity index is 702. The molecule has 0 bridgehead atoms. The van der Waals surface area contributed by atoms with E-state index in [0.717, 1.165) is 17.1 Å². The fourth-order valence-electron chi connectivity index (χ4n) is 2.39. The van der Waals surface area contributed by atoms with Gasteiger partial charge in [-0.3, -0.25) is 4.79 Å². The van der Waals surface area contributed by atoms with Crippen molar-refractivity contribution in [2.75, 3.05) is 39.8 Å². The number of carbonyl (C=O) groups is 1. The van der Waals surface area contributed by atoms with E-state index in [1.54, 1.807) is 32.5 Å². The summed E-state index contributed by atoms with van der Waals surface area (Å²) < 4.78 is 10.6. The van der Waals surface area contributed by atoms with Crippen LogP contribution in [0.1, 0.15) is 15.9 Å². The molecule has 1 heterocycles. The van der Waals surface area contributed by atoms with Gasteiger partial charge in [0.15, 0.2) is 0 Å². The van der Waals surface area contributed by atoms with Crippen molar-refractivity contribution in [1.29, 1.82) is 0 Å². The van der Waals surface area contributed by atoms with Gasteiger partial charge in [-0.1, -0.05) is 6.07 Å². The molecule has 6 nitrogen and oxygen atoms in total. The minimum atomic E-state index is -0.140. The Balaban J connectivity index is 2.01. The quantitative estimate of drug-likeness (QED) is 0.843. The average Bonchev–Trinajstić information content (AvgIpc) is 2.61. The van der Waals surface area contributed by atoms with Gasteiger partial charge in [-0.05, 0) is 30.2 Å². The van der Waals surface area contributed by atoms with Gasteiger partial charge in [0.1, 0.15) is 17.3 Å². The molecule has 1 N–H and O–H groups in total. The van der Waals surface area contributed by atoms with E-state index in [4.69, 9.17) is 9.47 Å². The fourth-order valence-corrected chi connectivity index (χ4v) is 2.39.